The summed E-state index contributed by atoms with van der Waals surface area (Å²) in [6.07, 6.45) is 1.56. The van der Waals surface area contributed by atoms with E-state index >= 15 is 0 Å². The first-order valence-electron chi connectivity index (χ1n) is 6.21. The lowest BCUT2D eigenvalue weighted by Gasteiger charge is -2.33. The molecule has 1 rings (SSSR count). The number of anilines is 1. The molecule has 112 valence electrons. The number of nitrogen functional groups attached to an aromatic ring is 1. The van der Waals surface area contributed by atoms with Crippen molar-refractivity contribution >= 4 is 27.3 Å². The minimum atomic E-state index is -3.69. The summed E-state index contributed by atoms with van der Waals surface area (Å²) in [6, 6.07) is 2.88. The van der Waals surface area contributed by atoms with Crippen LogP contribution in [0.2, 0.25) is 5.02 Å². The van der Waals surface area contributed by atoms with Gasteiger partial charge < -0.3 is 5.73 Å². The lowest BCUT2D eigenvalue weighted by molar-refractivity contribution is 0.270. The summed E-state index contributed by atoms with van der Waals surface area (Å²) in [4.78, 5) is 0.0994. The van der Waals surface area contributed by atoms with Crippen LogP contribution >= 0.6 is 11.6 Å². The van der Waals surface area contributed by atoms with Crippen LogP contribution in [0.4, 0.5) is 5.69 Å². The Balaban J connectivity index is 3.45. The van der Waals surface area contributed by atoms with Crippen molar-refractivity contribution in [3.63, 3.8) is 0 Å². The minimum Gasteiger partial charge on any atom is -0.398 e. The van der Waals surface area contributed by atoms with Gasteiger partial charge >= 0.3 is 0 Å². The van der Waals surface area contributed by atoms with Crippen molar-refractivity contribution in [2.75, 3.05) is 12.3 Å². The fraction of sp³-hybridized carbons (Fsp3) is 0.429. The minimum absolute atomic E-state index is 0.0994. The topological polar surface area (TPSA) is 63.4 Å². The van der Waals surface area contributed by atoms with Crippen molar-refractivity contribution < 1.29 is 8.42 Å². The van der Waals surface area contributed by atoms with Crippen molar-refractivity contribution in [1.82, 2.24) is 4.31 Å². The second kappa shape index (κ2) is 5.76. The molecule has 0 unspecified atom stereocenters. The zero-order chi connectivity index (χ0) is 15.7. The van der Waals surface area contributed by atoms with E-state index in [9.17, 15) is 8.42 Å². The standard InChI is InChI=1S/C14H21ClN2O2S/c1-6-7-17(14(3,4)5)20(18,19)11-8-12(15)10(2)13(16)9-11/h6,8-9H,1,7,16H2,2-5H3. The number of benzene rings is 1. The van der Waals surface area contributed by atoms with Gasteiger partial charge in [-0.3, -0.25) is 0 Å². The Labute approximate surface area is 126 Å². The summed E-state index contributed by atoms with van der Waals surface area (Å²) < 4.78 is 26.9. The molecule has 2 N–H and O–H groups in total. The van der Waals surface area contributed by atoms with E-state index in [1.54, 1.807) is 13.0 Å². The Morgan fingerprint density at radius 2 is 1.95 bits per heavy atom. The molecule has 0 aromatic heterocycles. The van der Waals surface area contributed by atoms with Crippen molar-refractivity contribution in [1.29, 1.82) is 0 Å². The van der Waals surface area contributed by atoms with Gasteiger partial charge in [0.2, 0.25) is 10.0 Å². The Kier molecular flexibility index (Phi) is 4.90. The molecule has 20 heavy (non-hydrogen) atoms. The second-order valence-corrected chi connectivity index (χ2v) is 7.88. The van der Waals surface area contributed by atoms with Crippen molar-refractivity contribution in [3.8, 4) is 0 Å². The molecule has 0 aliphatic rings. The van der Waals surface area contributed by atoms with Gasteiger partial charge in [-0.2, -0.15) is 4.31 Å². The van der Waals surface area contributed by atoms with Crippen LogP contribution < -0.4 is 5.73 Å². The fourth-order valence-electron chi connectivity index (χ4n) is 1.80. The quantitative estimate of drug-likeness (QED) is 0.685. The zero-order valence-electron chi connectivity index (χ0n) is 12.3. The Morgan fingerprint density at radius 1 is 1.40 bits per heavy atom. The molecule has 4 nitrogen and oxygen atoms in total. The normalized spacial score (nSPS) is 12.7. The molecule has 0 radical (unpaired) electrons. The van der Waals surface area contributed by atoms with Crippen LogP contribution in [0.5, 0.6) is 0 Å². The molecule has 0 spiro atoms. The molecule has 0 aliphatic heterocycles. The summed E-state index contributed by atoms with van der Waals surface area (Å²) in [7, 11) is -3.69. The van der Waals surface area contributed by atoms with Crippen LogP contribution in [0.3, 0.4) is 0 Å². The molecule has 0 saturated heterocycles. The Bertz CT molecular complexity index is 596. The molecule has 0 atom stereocenters. The van der Waals surface area contributed by atoms with Crippen LogP contribution in [0, 0.1) is 6.92 Å². The highest BCUT2D eigenvalue weighted by atomic mass is 35.5. The van der Waals surface area contributed by atoms with Crippen molar-refractivity contribution in [3.05, 3.63) is 35.4 Å². The average molecular weight is 317 g/mol. The van der Waals surface area contributed by atoms with E-state index in [-0.39, 0.29) is 11.4 Å². The van der Waals surface area contributed by atoms with Crippen LogP contribution in [-0.4, -0.2) is 24.8 Å². The fourth-order valence-corrected chi connectivity index (χ4v) is 3.91. The van der Waals surface area contributed by atoms with E-state index < -0.39 is 15.6 Å². The van der Waals surface area contributed by atoms with Crippen molar-refractivity contribution in [2.45, 2.75) is 38.1 Å². The van der Waals surface area contributed by atoms with Crippen molar-refractivity contribution in [2.24, 2.45) is 0 Å². The summed E-state index contributed by atoms with van der Waals surface area (Å²) >= 11 is 6.04. The third-order valence-electron chi connectivity index (χ3n) is 2.99. The van der Waals surface area contributed by atoms with Crippen LogP contribution in [-0.2, 0) is 10.0 Å². The number of nitrogens with two attached hydrogens (primary N) is 1. The van der Waals surface area contributed by atoms with E-state index in [2.05, 4.69) is 6.58 Å². The number of rotatable bonds is 4. The molecule has 1 aromatic carbocycles. The Morgan fingerprint density at radius 3 is 2.35 bits per heavy atom. The molecule has 0 bridgehead atoms. The maximum Gasteiger partial charge on any atom is 0.243 e. The van der Waals surface area contributed by atoms with Gasteiger partial charge in [0, 0.05) is 22.8 Å². The van der Waals surface area contributed by atoms with E-state index in [0.717, 1.165) is 0 Å². The van der Waals surface area contributed by atoms with Gasteiger partial charge in [-0.25, -0.2) is 8.42 Å². The van der Waals surface area contributed by atoms with Crippen LogP contribution in [0.25, 0.3) is 0 Å². The monoisotopic (exact) mass is 316 g/mol. The zero-order valence-corrected chi connectivity index (χ0v) is 13.8. The molecule has 0 saturated carbocycles. The maximum absolute atomic E-state index is 12.7. The van der Waals surface area contributed by atoms with Gasteiger partial charge in [0.1, 0.15) is 0 Å². The summed E-state index contributed by atoms with van der Waals surface area (Å²) in [5, 5.41) is 0.344. The van der Waals surface area contributed by atoms with E-state index in [4.69, 9.17) is 17.3 Å². The van der Waals surface area contributed by atoms with Crippen LogP contribution in [0.1, 0.15) is 26.3 Å². The summed E-state index contributed by atoms with van der Waals surface area (Å²) in [6.45, 7) is 11.1. The van der Waals surface area contributed by atoms with Gasteiger partial charge in [-0.15, -0.1) is 6.58 Å². The van der Waals surface area contributed by atoms with E-state index in [0.29, 0.717) is 16.3 Å². The average Bonchev–Trinajstić information content (AvgIpc) is 2.30. The molecule has 0 aliphatic carbocycles. The highest BCUT2D eigenvalue weighted by molar-refractivity contribution is 7.89. The summed E-state index contributed by atoms with van der Waals surface area (Å²) in [5.74, 6) is 0. The first-order chi connectivity index (χ1) is 9.01. The van der Waals surface area contributed by atoms with E-state index in [1.165, 1.54) is 16.4 Å². The largest absolute Gasteiger partial charge is 0.398 e. The predicted octanol–water partition coefficient (Wildman–Crippen LogP) is 3.21. The summed E-state index contributed by atoms with van der Waals surface area (Å²) in [5.41, 5.74) is 6.29. The molecule has 6 heteroatoms. The third-order valence-corrected chi connectivity index (χ3v) is 5.49. The number of hydrogen-bond acceptors (Lipinski definition) is 3. The first kappa shape index (κ1) is 17.0. The predicted molar refractivity (Wildman–Crippen MR) is 84.4 cm³/mol. The van der Waals surface area contributed by atoms with Gasteiger partial charge in [0.25, 0.3) is 0 Å². The molecular weight excluding hydrogens is 296 g/mol. The lowest BCUT2D eigenvalue weighted by Crippen LogP contribution is -2.45. The first-order valence-corrected chi connectivity index (χ1v) is 8.03. The van der Waals surface area contributed by atoms with E-state index in [1.807, 2.05) is 20.8 Å². The number of nitrogens with zero attached hydrogens (tertiary/aromatic N) is 1. The van der Waals surface area contributed by atoms with Gasteiger partial charge in [-0.1, -0.05) is 17.7 Å². The maximum atomic E-state index is 12.7. The highest BCUT2D eigenvalue weighted by Gasteiger charge is 2.33. The third kappa shape index (κ3) is 3.34. The number of hydrogen-bond donors (Lipinski definition) is 1. The van der Waals surface area contributed by atoms with Crippen LogP contribution in [0.15, 0.2) is 29.7 Å². The molecule has 1 aromatic rings. The SMILES string of the molecule is C=CCN(C(C)(C)C)S(=O)(=O)c1cc(N)c(C)c(Cl)c1. The smallest absolute Gasteiger partial charge is 0.243 e. The second-order valence-electron chi connectivity index (χ2n) is 5.61. The van der Waals surface area contributed by atoms with Gasteiger partial charge in [0.15, 0.2) is 0 Å². The molecule has 0 amide bonds. The lowest BCUT2D eigenvalue weighted by atomic mass is 10.1. The van der Waals surface area contributed by atoms with Gasteiger partial charge in [0.05, 0.1) is 4.90 Å². The molecule has 0 fully saturated rings. The molecule has 0 heterocycles. The number of halogens is 1. The molecular formula is C14H21ClN2O2S. The highest BCUT2D eigenvalue weighted by Crippen LogP contribution is 2.30. The Hall–Kier alpha value is -1.04. The van der Waals surface area contributed by atoms with Gasteiger partial charge in [-0.05, 0) is 45.4 Å². The number of sulfonamides is 1.